The van der Waals surface area contributed by atoms with Crippen LogP contribution in [-0.2, 0) is 20.7 Å². The van der Waals surface area contributed by atoms with E-state index in [-0.39, 0.29) is 0 Å². The summed E-state index contributed by atoms with van der Waals surface area (Å²) in [5.41, 5.74) is 8.41. The molecule has 0 spiro atoms. The average molecular weight is 482 g/mol. The van der Waals surface area contributed by atoms with Crippen LogP contribution in [0.15, 0.2) is 127 Å². The minimum atomic E-state index is -0.776. The zero-order chi connectivity index (χ0) is 25.0. The van der Waals surface area contributed by atoms with Gasteiger partial charge in [0.25, 0.3) is 0 Å². The number of methoxy groups -OCH3 is 2. The van der Waals surface area contributed by atoms with Crippen LogP contribution in [0.3, 0.4) is 0 Å². The van der Waals surface area contributed by atoms with Gasteiger partial charge in [-0.25, -0.2) is 0 Å². The van der Waals surface area contributed by atoms with E-state index >= 15 is 0 Å². The molecule has 0 radical (unpaired) electrons. The highest BCUT2D eigenvalue weighted by Gasteiger charge is 2.53. The fourth-order valence-corrected chi connectivity index (χ4v) is 6.59. The summed E-state index contributed by atoms with van der Waals surface area (Å²) in [6.45, 7) is 0. The van der Waals surface area contributed by atoms with Crippen LogP contribution in [-0.4, -0.2) is 14.2 Å². The normalized spacial score (nSPS) is 21.1. The van der Waals surface area contributed by atoms with Gasteiger partial charge in [0.05, 0.1) is 17.1 Å². The number of hydrogen-bond donors (Lipinski definition) is 0. The van der Waals surface area contributed by atoms with Crippen molar-refractivity contribution in [2.75, 3.05) is 19.1 Å². The lowest BCUT2D eigenvalue weighted by Gasteiger charge is -2.51. The molecule has 0 amide bonds. The van der Waals surface area contributed by atoms with E-state index in [2.05, 4.69) is 132 Å². The molecule has 0 aliphatic carbocycles. The monoisotopic (exact) mass is 481 g/mol. The molecule has 7 rings (SSSR count). The molecule has 37 heavy (non-hydrogen) atoms. The van der Waals surface area contributed by atoms with E-state index in [0.717, 1.165) is 50.4 Å². The Bertz CT molecular complexity index is 1500. The number of rotatable bonds is 4. The lowest BCUT2D eigenvalue weighted by Crippen LogP contribution is -2.44. The number of ether oxygens (including phenoxy) is 2. The summed E-state index contributed by atoms with van der Waals surface area (Å²) in [4.78, 5) is 2.40. The van der Waals surface area contributed by atoms with Crippen LogP contribution in [0.5, 0.6) is 0 Å². The zero-order valence-corrected chi connectivity index (χ0v) is 20.9. The first-order valence-electron chi connectivity index (χ1n) is 12.6. The summed E-state index contributed by atoms with van der Waals surface area (Å²) in [5, 5.41) is 0. The summed E-state index contributed by atoms with van der Waals surface area (Å²) in [6, 6.07) is 44.8. The van der Waals surface area contributed by atoms with Crippen molar-refractivity contribution >= 4 is 17.1 Å². The van der Waals surface area contributed by atoms with Gasteiger partial charge >= 0.3 is 0 Å². The minimum absolute atomic E-state index is 0.776. The molecule has 0 aromatic heterocycles. The highest BCUT2D eigenvalue weighted by atomic mass is 16.5. The lowest BCUT2D eigenvalue weighted by atomic mass is 9.69. The maximum atomic E-state index is 6.62. The van der Waals surface area contributed by atoms with Gasteiger partial charge in [-0.05, 0) is 23.3 Å². The molecule has 0 saturated carbocycles. The van der Waals surface area contributed by atoms with Crippen molar-refractivity contribution in [3.63, 3.8) is 0 Å². The van der Waals surface area contributed by atoms with Gasteiger partial charge in [-0.3, -0.25) is 0 Å². The number of hydrogen-bond acceptors (Lipinski definition) is 3. The third-order valence-electron chi connectivity index (χ3n) is 8.04. The molecule has 2 unspecified atom stereocenters. The summed E-state index contributed by atoms with van der Waals surface area (Å²) >= 11 is 0. The van der Waals surface area contributed by atoms with Gasteiger partial charge in [-0.1, -0.05) is 115 Å². The molecule has 5 aromatic rings. The number of fused-ring (bicyclic) bond motifs is 4. The Morgan fingerprint density at radius 3 is 1.24 bits per heavy atom. The highest BCUT2D eigenvalue weighted by Crippen LogP contribution is 2.62. The molecule has 5 aromatic carbocycles. The van der Waals surface area contributed by atoms with Gasteiger partial charge in [0.2, 0.25) is 0 Å². The SMILES string of the molecule is COC1(c2ccccc2)c2ccccc2N2c3ccccc3C(OC)(c3ccccc3)c3cccc1c32. The fourth-order valence-electron chi connectivity index (χ4n) is 6.59. The van der Waals surface area contributed by atoms with E-state index in [0.29, 0.717) is 0 Å². The minimum Gasteiger partial charge on any atom is -0.364 e. The van der Waals surface area contributed by atoms with Crippen LogP contribution < -0.4 is 4.90 Å². The van der Waals surface area contributed by atoms with Crippen molar-refractivity contribution < 1.29 is 9.47 Å². The molecule has 3 nitrogen and oxygen atoms in total. The topological polar surface area (TPSA) is 21.7 Å². The Labute approximate surface area is 217 Å². The second-order valence-electron chi connectivity index (χ2n) is 9.57. The lowest BCUT2D eigenvalue weighted by molar-refractivity contribution is 0.0510. The van der Waals surface area contributed by atoms with Crippen molar-refractivity contribution in [1.29, 1.82) is 0 Å². The van der Waals surface area contributed by atoms with Gasteiger partial charge in [0.15, 0.2) is 0 Å². The smallest absolute Gasteiger partial charge is 0.147 e. The van der Waals surface area contributed by atoms with Crippen LogP contribution in [0.4, 0.5) is 17.1 Å². The third kappa shape index (κ3) is 2.73. The molecule has 3 heteroatoms. The molecule has 2 atom stereocenters. The molecule has 0 N–H and O–H groups in total. The van der Waals surface area contributed by atoms with E-state index in [1.807, 2.05) is 14.2 Å². The molecule has 0 bridgehead atoms. The number of benzene rings is 5. The fraction of sp³-hybridized carbons (Fsp3) is 0.118. The third-order valence-corrected chi connectivity index (χ3v) is 8.04. The number of nitrogens with zero attached hydrogens (tertiary/aromatic N) is 1. The predicted molar refractivity (Wildman–Crippen MR) is 148 cm³/mol. The van der Waals surface area contributed by atoms with Gasteiger partial charge < -0.3 is 14.4 Å². The molecule has 180 valence electrons. The Balaban J connectivity index is 1.67. The Morgan fingerprint density at radius 2 is 0.811 bits per heavy atom. The van der Waals surface area contributed by atoms with Crippen LogP contribution in [0.1, 0.15) is 33.4 Å². The van der Waals surface area contributed by atoms with Crippen LogP contribution in [0.25, 0.3) is 0 Å². The summed E-state index contributed by atoms with van der Waals surface area (Å²) in [5.74, 6) is 0. The molecular weight excluding hydrogens is 454 g/mol. The average Bonchev–Trinajstić information content (AvgIpc) is 2.98. The molecule has 2 heterocycles. The highest BCUT2D eigenvalue weighted by molar-refractivity contribution is 5.93. The van der Waals surface area contributed by atoms with Crippen molar-refractivity contribution in [3.8, 4) is 0 Å². The van der Waals surface area contributed by atoms with Gasteiger partial charge in [-0.15, -0.1) is 0 Å². The molecular formula is C34H27NO2. The van der Waals surface area contributed by atoms with E-state index in [4.69, 9.17) is 9.47 Å². The number of anilines is 3. The van der Waals surface area contributed by atoms with E-state index in [9.17, 15) is 0 Å². The standard InChI is InChI=1S/C34H27NO2/c1-36-33(24-14-5-3-6-15-24)26-18-9-11-22-30(26)35-31-23-12-10-19-27(31)34(37-2,25-16-7-4-8-17-25)29-21-13-20-28(33)32(29)35/h3-23H,1-2H3. The predicted octanol–water partition coefficient (Wildman–Crippen LogP) is 7.66. The first-order valence-corrected chi connectivity index (χ1v) is 12.6. The second-order valence-corrected chi connectivity index (χ2v) is 9.57. The van der Waals surface area contributed by atoms with Gasteiger partial charge in [0, 0.05) is 36.5 Å². The van der Waals surface area contributed by atoms with Gasteiger partial charge in [-0.2, -0.15) is 0 Å². The van der Waals surface area contributed by atoms with Crippen molar-refractivity contribution in [1.82, 2.24) is 0 Å². The largest absolute Gasteiger partial charge is 0.364 e. The molecule has 2 aliphatic heterocycles. The second kappa shape index (κ2) is 8.17. The van der Waals surface area contributed by atoms with Crippen LogP contribution in [0, 0.1) is 0 Å². The zero-order valence-electron chi connectivity index (χ0n) is 20.9. The maximum absolute atomic E-state index is 6.62. The van der Waals surface area contributed by atoms with Crippen molar-refractivity contribution in [3.05, 3.63) is 161 Å². The summed E-state index contributed by atoms with van der Waals surface area (Å²) in [7, 11) is 3.63. The Hall–Kier alpha value is -4.18. The van der Waals surface area contributed by atoms with Crippen molar-refractivity contribution in [2.24, 2.45) is 0 Å². The van der Waals surface area contributed by atoms with Gasteiger partial charge in [0.1, 0.15) is 11.2 Å². The van der Waals surface area contributed by atoms with E-state index in [1.54, 1.807) is 0 Å². The Kier molecular flexibility index (Phi) is 4.87. The van der Waals surface area contributed by atoms with Crippen LogP contribution >= 0.6 is 0 Å². The first kappa shape index (κ1) is 22.1. The summed E-state index contributed by atoms with van der Waals surface area (Å²) in [6.07, 6.45) is 0. The van der Waals surface area contributed by atoms with E-state index in [1.165, 1.54) is 0 Å². The number of para-hydroxylation sites is 3. The molecule has 0 fully saturated rings. The Morgan fingerprint density at radius 1 is 0.432 bits per heavy atom. The van der Waals surface area contributed by atoms with Crippen molar-refractivity contribution in [2.45, 2.75) is 11.2 Å². The quantitative estimate of drug-likeness (QED) is 0.263. The van der Waals surface area contributed by atoms with Crippen LogP contribution in [0.2, 0.25) is 0 Å². The van der Waals surface area contributed by atoms with E-state index < -0.39 is 11.2 Å². The molecule has 2 aliphatic rings. The first-order chi connectivity index (χ1) is 18.3. The maximum Gasteiger partial charge on any atom is 0.147 e. The molecule has 0 saturated heterocycles. The summed E-state index contributed by atoms with van der Waals surface area (Å²) < 4.78 is 13.2.